The topological polar surface area (TPSA) is 86.5 Å². The van der Waals surface area contributed by atoms with Crippen LogP contribution in [0.2, 0.25) is 0 Å². The summed E-state index contributed by atoms with van der Waals surface area (Å²) in [6, 6.07) is 1.21. The van der Waals surface area contributed by atoms with E-state index < -0.39 is 0 Å². The van der Waals surface area contributed by atoms with Gasteiger partial charge < -0.3 is 19.9 Å². The molecule has 1 amide bonds. The van der Waals surface area contributed by atoms with E-state index in [4.69, 9.17) is 0 Å². The largest absolute Gasteiger partial charge is 0.388 e. The molecule has 2 N–H and O–H groups in total. The fraction of sp³-hybridized carbons (Fsp3) is 0.842. The molecule has 1 aromatic rings. The van der Waals surface area contributed by atoms with Gasteiger partial charge in [-0.15, -0.1) is 10.2 Å². The van der Waals surface area contributed by atoms with Gasteiger partial charge in [-0.1, -0.05) is 0 Å². The first kappa shape index (κ1) is 18.8. The molecular weight excluding hydrogens is 344 g/mol. The number of hydrogen-bond donors (Lipinski definition) is 2. The molecule has 4 rings (SSSR count). The summed E-state index contributed by atoms with van der Waals surface area (Å²) >= 11 is 0. The molecule has 0 bridgehead atoms. The van der Waals surface area contributed by atoms with Crippen molar-refractivity contribution in [3.63, 3.8) is 0 Å². The molecule has 27 heavy (non-hydrogen) atoms. The molecule has 0 spiro atoms. The Morgan fingerprint density at radius 2 is 1.93 bits per heavy atom. The molecule has 1 aromatic heterocycles. The number of carbonyl (C=O) groups excluding carboxylic acids is 1. The van der Waals surface area contributed by atoms with Crippen LogP contribution in [0.25, 0.3) is 0 Å². The van der Waals surface area contributed by atoms with Gasteiger partial charge in [0.2, 0.25) is 5.91 Å². The van der Waals surface area contributed by atoms with Crippen LogP contribution in [0.4, 0.5) is 0 Å². The lowest BCUT2D eigenvalue weighted by atomic mass is 9.79. The lowest BCUT2D eigenvalue weighted by Crippen LogP contribution is -2.50. The Morgan fingerprint density at radius 3 is 2.56 bits per heavy atom. The van der Waals surface area contributed by atoms with Gasteiger partial charge in [0, 0.05) is 24.0 Å². The Labute approximate surface area is 160 Å². The molecule has 2 aliphatic carbocycles. The summed E-state index contributed by atoms with van der Waals surface area (Å²) in [5.41, 5.74) is 0. The number of aliphatic hydroxyl groups excluding tert-OH is 1. The quantitative estimate of drug-likeness (QED) is 0.720. The summed E-state index contributed by atoms with van der Waals surface area (Å²) in [7, 11) is 4.22. The molecule has 8 nitrogen and oxygen atoms in total. The summed E-state index contributed by atoms with van der Waals surface area (Å²) in [5, 5.41) is 21.1. The third kappa shape index (κ3) is 4.17. The molecule has 1 saturated heterocycles. The number of carbonyl (C=O) groups is 1. The van der Waals surface area contributed by atoms with E-state index in [1.807, 2.05) is 0 Å². The predicted molar refractivity (Wildman–Crippen MR) is 101 cm³/mol. The molecule has 3 aliphatic rings. The van der Waals surface area contributed by atoms with Crippen LogP contribution in [0.5, 0.6) is 0 Å². The van der Waals surface area contributed by atoms with Crippen molar-refractivity contribution in [3.8, 4) is 0 Å². The number of likely N-dealkylation sites (tertiary alicyclic amines) is 1. The van der Waals surface area contributed by atoms with Crippen LogP contribution in [0.15, 0.2) is 0 Å². The van der Waals surface area contributed by atoms with Crippen molar-refractivity contribution >= 4 is 5.91 Å². The highest BCUT2D eigenvalue weighted by Gasteiger charge is 2.38. The molecule has 0 atom stereocenters. The van der Waals surface area contributed by atoms with Gasteiger partial charge in [-0.05, 0) is 65.7 Å². The summed E-state index contributed by atoms with van der Waals surface area (Å²) < 4.78 is 2.14. The smallest absolute Gasteiger partial charge is 0.234 e. The van der Waals surface area contributed by atoms with Gasteiger partial charge in [0.1, 0.15) is 12.4 Å². The molecule has 3 fully saturated rings. The first-order valence-electron chi connectivity index (χ1n) is 10.3. The molecule has 150 valence electrons. The molecule has 2 saturated carbocycles. The van der Waals surface area contributed by atoms with Crippen LogP contribution in [-0.2, 0) is 11.4 Å². The number of piperidine rings is 1. The summed E-state index contributed by atoms with van der Waals surface area (Å²) in [6.45, 7) is 2.64. The van der Waals surface area contributed by atoms with Crippen molar-refractivity contribution < 1.29 is 9.90 Å². The maximum absolute atomic E-state index is 12.4. The summed E-state index contributed by atoms with van der Waals surface area (Å²) in [6.07, 6.45) is 6.40. The third-order valence-corrected chi connectivity index (χ3v) is 6.42. The van der Waals surface area contributed by atoms with Crippen molar-refractivity contribution in [3.05, 3.63) is 11.6 Å². The molecular formula is C19H32N6O2. The van der Waals surface area contributed by atoms with Crippen LogP contribution >= 0.6 is 0 Å². The lowest BCUT2D eigenvalue weighted by Gasteiger charge is -2.37. The Bertz CT molecular complexity index is 659. The van der Waals surface area contributed by atoms with E-state index in [0.717, 1.165) is 57.4 Å². The van der Waals surface area contributed by atoms with E-state index in [1.54, 1.807) is 0 Å². The van der Waals surface area contributed by atoms with Gasteiger partial charge in [0.15, 0.2) is 5.82 Å². The van der Waals surface area contributed by atoms with Gasteiger partial charge >= 0.3 is 0 Å². The van der Waals surface area contributed by atoms with Gasteiger partial charge in [0.05, 0.1) is 6.54 Å². The standard InChI is InChI=1S/C19H32N6O2/c1-23-7-5-15(6-8-23)24(2)11-18(27)20-14-9-13(10-14)19-22-21-17(12-26)25(19)16-3-4-16/h13-16,26H,3-12H2,1-2H3,(H,20,27). The molecule has 0 unspecified atom stereocenters. The first-order chi connectivity index (χ1) is 13.0. The minimum absolute atomic E-state index is 0.0559. The number of nitrogens with one attached hydrogen (secondary N) is 1. The second-order valence-electron chi connectivity index (χ2n) is 8.62. The lowest BCUT2D eigenvalue weighted by molar-refractivity contribution is -0.124. The normalized spacial score (nSPS) is 27.0. The number of rotatable bonds is 7. The van der Waals surface area contributed by atoms with E-state index in [1.165, 1.54) is 0 Å². The van der Waals surface area contributed by atoms with Gasteiger partial charge in [-0.25, -0.2) is 0 Å². The fourth-order valence-corrected chi connectivity index (χ4v) is 4.47. The average Bonchev–Trinajstić information content (AvgIpc) is 3.37. The van der Waals surface area contributed by atoms with Gasteiger partial charge in [-0.2, -0.15) is 0 Å². The van der Waals surface area contributed by atoms with Crippen molar-refractivity contribution in [1.29, 1.82) is 0 Å². The average molecular weight is 377 g/mol. The van der Waals surface area contributed by atoms with Crippen LogP contribution in [0.1, 0.15) is 62.1 Å². The second kappa shape index (κ2) is 7.85. The van der Waals surface area contributed by atoms with Crippen LogP contribution in [0, 0.1) is 0 Å². The van der Waals surface area contributed by atoms with Gasteiger partial charge in [-0.3, -0.25) is 9.69 Å². The van der Waals surface area contributed by atoms with E-state index in [0.29, 0.717) is 30.4 Å². The van der Waals surface area contributed by atoms with E-state index in [9.17, 15) is 9.90 Å². The van der Waals surface area contributed by atoms with E-state index >= 15 is 0 Å². The van der Waals surface area contributed by atoms with Crippen molar-refractivity contribution in [1.82, 2.24) is 29.9 Å². The second-order valence-corrected chi connectivity index (χ2v) is 8.62. The highest BCUT2D eigenvalue weighted by Crippen LogP contribution is 2.42. The number of likely N-dealkylation sites (N-methyl/N-ethyl adjacent to an activating group) is 1. The third-order valence-electron chi connectivity index (χ3n) is 6.42. The van der Waals surface area contributed by atoms with E-state index in [-0.39, 0.29) is 18.6 Å². The highest BCUT2D eigenvalue weighted by molar-refractivity contribution is 5.78. The number of hydrogen-bond acceptors (Lipinski definition) is 6. The Kier molecular flexibility index (Phi) is 5.48. The number of aromatic nitrogens is 3. The van der Waals surface area contributed by atoms with Crippen molar-refractivity contribution in [2.24, 2.45) is 0 Å². The maximum atomic E-state index is 12.4. The minimum atomic E-state index is -0.0559. The molecule has 1 aliphatic heterocycles. The molecule has 2 heterocycles. The van der Waals surface area contributed by atoms with Crippen molar-refractivity contribution in [2.45, 2.75) is 69.2 Å². The Hall–Kier alpha value is -1.51. The molecule has 0 radical (unpaired) electrons. The van der Waals surface area contributed by atoms with Crippen LogP contribution in [0.3, 0.4) is 0 Å². The summed E-state index contributed by atoms with van der Waals surface area (Å²) in [4.78, 5) is 17.0. The number of aliphatic hydroxyl groups is 1. The molecule has 0 aromatic carbocycles. The zero-order valence-electron chi connectivity index (χ0n) is 16.5. The van der Waals surface area contributed by atoms with Crippen LogP contribution in [-0.4, -0.2) is 81.4 Å². The first-order valence-corrected chi connectivity index (χ1v) is 10.3. The minimum Gasteiger partial charge on any atom is -0.388 e. The van der Waals surface area contributed by atoms with E-state index in [2.05, 4.69) is 44.0 Å². The monoisotopic (exact) mass is 376 g/mol. The predicted octanol–water partition coefficient (Wildman–Crippen LogP) is 0.494. The highest BCUT2D eigenvalue weighted by atomic mass is 16.3. The number of amides is 1. The zero-order valence-corrected chi connectivity index (χ0v) is 16.5. The fourth-order valence-electron chi connectivity index (χ4n) is 4.47. The zero-order chi connectivity index (χ0) is 19.0. The van der Waals surface area contributed by atoms with Gasteiger partial charge in [0.25, 0.3) is 0 Å². The summed E-state index contributed by atoms with van der Waals surface area (Å²) in [5.74, 6) is 2.14. The SMILES string of the molecule is CN1CCC(N(C)CC(=O)NC2CC(c3nnc(CO)n3C3CC3)C2)CC1. The Morgan fingerprint density at radius 1 is 1.22 bits per heavy atom. The Balaban J connectivity index is 1.23. The van der Waals surface area contributed by atoms with Crippen molar-refractivity contribution in [2.75, 3.05) is 33.7 Å². The number of nitrogens with zero attached hydrogens (tertiary/aromatic N) is 5. The maximum Gasteiger partial charge on any atom is 0.234 e. The van der Waals surface area contributed by atoms with Crippen LogP contribution < -0.4 is 5.32 Å². The molecule has 8 heteroatoms.